The van der Waals surface area contributed by atoms with Gasteiger partial charge in [0.05, 0.1) is 21.9 Å². The van der Waals surface area contributed by atoms with E-state index in [2.05, 4.69) is 0 Å². The van der Waals surface area contributed by atoms with E-state index in [0.29, 0.717) is 26.7 Å². The summed E-state index contributed by atoms with van der Waals surface area (Å²) in [5.41, 5.74) is 2.79. The van der Waals surface area contributed by atoms with Gasteiger partial charge in [0.25, 0.3) is 0 Å². The summed E-state index contributed by atoms with van der Waals surface area (Å²) < 4.78 is 60.7. The molecule has 45 heavy (non-hydrogen) atoms. The summed E-state index contributed by atoms with van der Waals surface area (Å²) in [5.74, 6) is -1.06. The fourth-order valence-electron chi connectivity index (χ4n) is 6.57. The quantitative estimate of drug-likeness (QED) is 0.216. The van der Waals surface area contributed by atoms with Crippen molar-refractivity contribution in [1.82, 2.24) is 8.61 Å². The number of fused-ring (bicyclic) bond motifs is 1. The maximum absolute atomic E-state index is 14.7. The fraction of sp³-hybridized carbons (Fsp3) is 0.265. The standard InChI is InChI=1S/C34H32Cl2N2O5S2/c1-22-7-17-28(18-8-22)44(40,41)37-21-29-32(19-30(37)24-9-13-26(35)14-10-24)38(45(42,43)34-6-4-3-5-23(34)2)31(20-33(29)39)25-11-15-27(36)16-12-25/h3-18,29-32H,19-21H2,1-2H3/t29-,30?,31?,32+/m1/s1. The molecule has 0 N–H and O–H groups in total. The van der Waals surface area contributed by atoms with Gasteiger partial charge in [0.15, 0.2) is 0 Å². The van der Waals surface area contributed by atoms with Gasteiger partial charge in [-0.2, -0.15) is 8.61 Å². The van der Waals surface area contributed by atoms with Crippen molar-refractivity contribution in [3.05, 3.63) is 129 Å². The van der Waals surface area contributed by atoms with Gasteiger partial charge in [-0.3, -0.25) is 4.79 Å². The summed E-state index contributed by atoms with van der Waals surface area (Å²) in [6, 6.07) is 24.7. The van der Waals surface area contributed by atoms with Crippen LogP contribution >= 0.6 is 23.2 Å². The topological polar surface area (TPSA) is 91.8 Å². The van der Waals surface area contributed by atoms with Crippen molar-refractivity contribution in [3.63, 3.8) is 0 Å². The van der Waals surface area contributed by atoms with Crippen LogP contribution in [0.4, 0.5) is 0 Å². The second-order valence-corrected chi connectivity index (χ2v) is 16.3. The van der Waals surface area contributed by atoms with Gasteiger partial charge < -0.3 is 0 Å². The molecule has 234 valence electrons. The zero-order valence-electron chi connectivity index (χ0n) is 24.7. The van der Waals surface area contributed by atoms with Crippen molar-refractivity contribution in [2.24, 2.45) is 5.92 Å². The SMILES string of the molecule is Cc1ccc(S(=O)(=O)N2C[C@H]3C(=O)CC(c4ccc(Cl)cc4)N(S(=O)(=O)c4ccccc4C)[C@H]3CC2c2ccc(Cl)cc2)cc1. The number of carbonyl (C=O) groups is 1. The molecule has 0 aliphatic carbocycles. The Kier molecular flexibility index (Phi) is 8.71. The van der Waals surface area contributed by atoms with Crippen LogP contribution in [0.1, 0.15) is 47.2 Å². The predicted molar refractivity (Wildman–Crippen MR) is 175 cm³/mol. The Morgan fingerprint density at radius 2 is 1.24 bits per heavy atom. The number of benzene rings is 4. The first-order valence-corrected chi connectivity index (χ1v) is 18.2. The Labute approximate surface area is 274 Å². The average Bonchev–Trinajstić information content (AvgIpc) is 3.01. The summed E-state index contributed by atoms with van der Waals surface area (Å²) in [6.45, 7) is 3.45. The molecule has 4 aromatic carbocycles. The second-order valence-electron chi connectivity index (χ2n) is 11.7. The van der Waals surface area contributed by atoms with E-state index in [9.17, 15) is 21.6 Å². The highest BCUT2D eigenvalue weighted by Crippen LogP contribution is 2.48. The number of halogens is 2. The van der Waals surface area contributed by atoms with E-state index in [1.54, 1.807) is 104 Å². The number of hydrogen-bond donors (Lipinski definition) is 0. The molecule has 2 heterocycles. The highest BCUT2D eigenvalue weighted by molar-refractivity contribution is 7.89. The van der Waals surface area contributed by atoms with E-state index in [0.717, 1.165) is 5.56 Å². The number of rotatable bonds is 6. The molecule has 6 rings (SSSR count). The third-order valence-electron chi connectivity index (χ3n) is 8.88. The molecule has 2 aliphatic rings. The van der Waals surface area contributed by atoms with Gasteiger partial charge in [-0.05, 0) is 79.4 Å². The van der Waals surface area contributed by atoms with E-state index in [4.69, 9.17) is 23.2 Å². The molecule has 4 atom stereocenters. The molecule has 2 unspecified atom stereocenters. The molecule has 0 bridgehead atoms. The van der Waals surface area contributed by atoms with Gasteiger partial charge in [-0.1, -0.05) is 83.4 Å². The van der Waals surface area contributed by atoms with Crippen LogP contribution in [-0.4, -0.2) is 43.8 Å². The average molecular weight is 684 g/mol. The molecular formula is C34H32Cl2N2O5S2. The lowest BCUT2D eigenvalue weighted by Crippen LogP contribution is -2.61. The normalized spacial score (nSPS) is 23.1. The summed E-state index contributed by atoms with van der Waals surface area (Å²) in [5, 5.41) is 0.976. The van der Waals surface area contributed by atoms with Gasteiger partial charge in [0, 0.05) is 35.0 Å². The first kappa shape index (κ1) is 31.9. The van der Waals surface area contributed by atoms with Crippen LogP contribution in [0, 0.1) is 19.8 Å². The van der Waals surface area contributed by atoms with Crippen LogP contribution in [0.3, 0.4) is 0 Å². The zero-order chi connectivity index (χ0) is 32.1. The summed E-state index contributed by atoms with van der Waals surface area (Å²) >= 11 is 12.4. The van der Waals surface area contributed by atoms with E-state index in [1.807, 2.05) is 6.92 Å². The molecule has 2 aliphatic heterocycles. The van der Waals surface area contributed by atoms with Crippen molar-refractivity contribution in [2.75, 3.05) is 6.54 Å². The predicted octanol–water partition coefficient (Wildman–Crippen LogP) is 7.14. The lowest BCUT2D eigenvalue weighted by atomic mass is 9.77. The number of carbonyl (C=O) groups excluding carboxylic acids is 1. The lowest BCUT2D eigenvalue weighted by Gasteiger charge is -2.51. The molecule has 11 heteroatoms. The molecule has 4 aromatic rings. The number of sulfonamides is 2. The third-order valence-corrected chi connectivity index (χ3v) is 13.4. The van der Waals surface area contributed by atoms with Crippen LogP contribution in [-0.2, 0) is 24.8 Å². The van der Waals surface area contributed by atoms with E-state index < -0.39 is 44.1 Å². The van der Waals surface area contributed by atoms with Gasteiger partial charge in [-0.25, -0.2) is 16.8 Å². The monoisotopic (exact) mass is 682 g/mol. The fourth-order valence-corrected chi connectivity index (χ4v) is 10.5. The summed E-state index contributed by atoms with van der Waals surface area (Å²) in [4.78, 5) is 14.3. The summed E-state index contributed by atoms with van der Waals surface area (Å²) in [6.07, 6.45) is -0.0315. The Bertz CT molecular complexity index is 1950. The molecule has 0 radical (unpaired) electrons. The highest BCUT2D eigenvalue weighted by Gasteiger charge is 2.54. The number of aryl methyl sites for hydroxylation is 2. The molecule has 0 saturated carbocycles. The number of hydrogen-bond acceptors (Lipinski definition) is 5. The van der Waals surface area contributed by atoms with Crippen molar-refractivity contribution < 1.29 is 21.6 Å². The number of Topliss-reactive ketones (excluding diaryl/α,β-unsaturated/α-hetero) is 1. The van der Waals surface area contributed by atoms with Crippen molar-refractivity contribution in [3.8, 4) is 0 Å². The Morgan fingerprint density at radius 1 is 0.689 bits per heavy atom. The molecule has 7 nitrogen and oxygen atoms in total. The van der Waals surface area contributed by atoms with Crippen molar-refractivity contribution in [2.45, 2.75) is 54.6 Å². The molecule has 2 fully saturated rings. The van der Waals surface area contributed by atoms with Gasteiger partial charge in [-0.15, -0.1) is 0 Å². The van der Waals surface area contributed by atoms with Crippen LogP contribution in [0.15, 0.2) is 107 Å². The van der Waals surface area contributed by atoms with E-state index in [1.165, 1.54) is 8.61 Å². The summed E-state index contributed by atoms with van der Waals surface area (Å²) in [7, 11) is -8.23. The van der Waals surface area contributed by atoms with Gasteiger partial charge in [0.1, 0.15) is 5.78 Å². The largest absolute Gasteiger partial charge is 0.299 e. The Hall–Kier alpha value is -3.05. The highest BCUT2D eigenvalue weighted by atomic mass is 35.5. The van der Waals surface area contributed by atoms with Gasteiger partial charge >= 0.3 is 0 Å². The third kappa shape index (κ3) is 5.98. The lowest BCUT2D eigenvalue weighted by molar-refractivity contribution is -0.132. The Balaban J connectivity index is 1.52. The number of nitrogens with zero attached hydrogens (tertiary/aromatic N) is 2. The molecule has 0 amide bonds. The van der Waals surface area contributed by atoms with E-state index in [-0.39, 0.29) is 35.0 Å². The minimum Gasteiger partial charge on any atom is -0.299 e. The first-order valence-electron chi connectivity index (χ1n) is 14.6. The maximum atomic E-state index is 14.7. The smallest absolute Gasteiger partial charge is 0.244 e. The van der Waals surface area contributed by atoms with Crippen molar-refractivity contribution >= 4 is 49.0 Å². The van der Waals surface area contributed by atoms with Gasteiger partial charge in [0.2, 0.25) is 20.0 Å². The Morgan fingerprint density at radius 3 is 1.82 bits per heavy atom. The van der Waals surface area contributed by atoms with Crippen molar-refractivity contribution in [1.29, 1.82) is 0 Å². The molecular weight excluding hydrogens is 651 g/mol. The van der Waals surface area contributed by atoms with Crippen LogP contribution < -0.4 is 0 Å². The minimum atomic E-state index is -4.16. The molecule has 0 aromatic heterocycles. The minimum absolute atomic E-state index is 0.0678. The first-order chi connectivity index (χ1) is 21.4. The van der Waals surface area contributed by atoms with E-state index >= 15 is 0 Å². The second kappa shape index (κ2) is 12.3. The maximum Gasteiger partial charge on any atom is 0.244 e. The van der Waals surface area contributed by atoms with Crippen LogP contribution in [0.2, 0.25) is 10.0 Å². The van der Waals surface area contributed by atoms with Crippen LogP contribution in [0.5, 0.6) is 0 Å². The van der Waals surface area contributed by atoms with Crippen LogP contribution in [0.25, 0.3) is 0 Å². The number of ketones is 1. The molecule has 0 spiro atoms. The number of piperidine rings is 2. The molecule has 2 saturated heterocycles. The zero-order valence-corrected chi connectivity index (χ0v) is 27.8.